The molecule has 0 spiro atoms. The van der Waals surface area contributed by atoms with Crippen molar-refractivity contribution in [3.8, 4) is 0 Å². The lowest BCUT2D eigenvalue weighted by Crippen LogP contribution is -2.24. The minimum Gasteiger partial charge on any atom is -0.309 e. The average Bonchev–Trinajstić information content (AvgIpc) is 2.68. The van der Waals surface area contributed by atoms with Gasteiger partial charge in [0, 0.05) is 20.9 Å². The first-order valence-electron chi connectivity index (χ1n) is 8.09. The Morgan fingerprint density at radius 2 is 1.12 bits per heavy atom. The number of fused-ring (bicyclic) bond motifs is 1. The van der Waals surface area contributed by atoms with Crippen LogP contribution in [-0.4, -0.2) is 0 Å². The molecule has 0 saturated carbocycles. The summed E-state index contributed by atoms with van der Waals surface area (Å²) in [6.07, 6.45) is 0. The zero-order valence-electron chi connectivity index (χ0n) is 13.5. The van der Waals surface area contributed by atoms with E-state index in [2.05, 4.69) is 0 Å². The SMILES string of the molecule is O=P(c1ccccc1)(c1ccccc1)c1ccc2ccc(Cl)cc2c1. The maximum Gasteiger partial charge on any atom is 0.171 e. The quantitative estimate of drug-likeness (QED) is 0.462. The van der Waals surface area contributed by atoms with Crippen molar-refractivity contribution in [2.45, 2.75) is 0 Å². The molecule has 0 saturated heterocycles. The second kappa shape index (κ2) is 6.52. The van der Waals surface area contributed by atoms with Gasteiger partial charge in [0.15, 0.2) is 7.14 Å². The smallest absolute Gasteiger partial charge is 0.171 e. The monoisotopic (exact) mass is 362 g/mol. The first kappa shape index (κ1) is 16.1. The van der Waals surface area contributed by atoms with Crippen molar-refractivity contribution in [2.24, 2.45) is 0 Å². The van der Waals surface area contributed by atoms with Crippen LogP contribution < -0.4 is 15.9 Å². The lowest BCUT2D eigenvalue weighted by molar-refractivity contribution is 0.592. The summed E-state index contributed by atoms with van der Waals surface area (Å²) in [4.78, 5) is 0. The summed E-state index contributed by atoms with van der Waals surface area (Å²) in [7, 11) is -2.94. The van der Waals surface area contributed by atoms with Crippen LogP contribution in [0.1, 0.15) is 0 Å². The van der Waals surface area contributed by atoms with E-state index in [1.54, 1.807) is 0 Å². The van der Waals surface area contributed by atoms with E-state index in [1.165, 1.54) is 0 Å². The van der Waals surface area contributed by atoms with E-state index in [1.807, 2.05) is 97.1 Å². The van der Waals surface area contributed by atoms with E-state index in [-0.39, 0.29) is 0 Å². The zero-order valence-corrected chi connectivity index (χ0v) is 15.1. The Bertz CT molecular complexity index is 1030. The van der Waals surface area contributed by atoms with Crippen molar-refractivity contribution < 1.29 is 4.57 Å². The Morgan fingerprint density at radius 1 is 0.560 bits per heavy atom. The van der Waals surface area contributed by atoms with E-state index in [4.69, 9.17) is 11.6 Å². The van der Waals surface area contributed by atoms with Crippen molar-refractivity contribution in [2.75, 3.05) is 0 Å². The van der Waals surface area contributed by atoms with Gasteiger partial charge in [0.05, 0.1) is 0 Å². The summed E-state index contributed by atoms with van der Waals surface area (Å²) in [5.41, 5.74) is 0. The fourth-order valence-electron chi connectivity index (χ4n) is 3.12. The van der Waals surface area contributed by atoms with Gasteiger partial charge in [-0.25, -0.2) is 0 Å². The van der Waals surface area contributed by atoms with E-state index in [0.717, 1.165) is 26.7 Å². The van der Waals surface area contributed by atoms with Crippen LogP contribution >= 0.6 is 18.7 Å². The zero-order chi connectivity index (χ0) is 17.3. The predicted molar refractivity (Wildman–Crippen MR) is 108 cm³/mol. The molecule has 0 N–H and O–H groups in total. The third kappa shape index (κ3) is 2.91. The highest BCUT2D eigenvalue weighted by atomic mass is 35.5. The fraction of sp³-hybridized carbons (Fsp3) is 0. The number of benzene rings is 4. The van der Waals surface area contributed by atoms with Crippen LogP contribution in [0.4, 0.5) is 0 Å². The van der Waals surface area contributed by atoms with Gasteiger partial charge < -0.3 is 4.57 Å². The summed E-state index contributed by atoms with van der Waals surface area (Å²) in [5.74, 6) is 0. The molecule has 0 aliphatic heterocycles. The summed E-state index contributed by atoms with van der Waals surface area (Å²) in [5, 5.41) is 5.25. The standard InChI is InChI=1S/C22H16ClOP/c23-19-13-11-17-12-14-22(16-18(17)15-19)25(24,20-7-3-1-4-8-20)21-9-5-2-6-10-21/h1-16H. The van der Waals surface area contributed by atoms with Gasteiger partial charge in [0.2, 0.25) is 0 Å². The van der Waals surface area contributed by atoms with Crippen LogP contribution in [0.5, 0.6) is 0 Å². The Hall–Kier alpha value is -2.34. The number of hydrogen-bond acceptors (Lipinski definition) is 1. The molecule has 122 valence electrons. The normalized spacial score (nSPS) is 11.6. The highest BCUT2D eigenvalue weighted by Gasteiger charge is 2.29. The molecular formula is C22H16ClOP. The van der Waals surface area contributed by atoms with Gasteiger partial charge >= 0.3 is 0 Å². The minimum atomic E-state index is -2.94. The molecule has 0 aromatic heterocycles. The van der Waals surface area contributed by atoms with Crippen LogP contribution in [0.25, 0.3) is 10.8 Å². The first-order chi connectivity index (χ1) is 12.2. The highest BCUT2D eigenvalue weighted by molar-refractivity contribution is 7.85. The van der Waals surface area contributed by atoms with E-state index < -0.39 is 7.14 Å². The topological polar surface area (TPSA) is 17.1 Å². The first-order valence-corrected chi connectivity index (χ1v) is 10.2. The van der Waals surface area contributed by atoms with Crippen molar-refractivity contribution >= 4 is 45.4 Å². The second-order valence-electron chi connectivity index (χ2n) is 5.96. The molecule has 0 radical (unpaired) electrons. The molecule has 0 fully saturated rings. The van der Waals surface area contributed by atoms with Crippen molar-refractivity contribution in [1.29, 1.82) is 0 Å². The summed E-state index contributed by atoms with van der Waals surface area (Å²) >= 11 is 6.15. The second-order valence-corrected chi connectivity index (χ2v) is 9.16. The Balaban J connectivity index is 2.00. The lowest BCUT2D eigenvalue weighted by Gasteiger charge is -2.20. The van der Waals surface area contributed by atoms with Crippen LogP contribution in [0.15, 0.2) is 97.1 Å². The van der Waals surface area contributed by atoms with Crippen LogP contribution in [0, 0.1) is 0 Å². The van der Waals surface area contributed by atoms with Gasteiger partial charge in [0.25, 0.3) is 0 Å². The molecule has 0 aliphatic rings. The third-order valence-corrected chi connectivity index (χ3v) is 7.68. The van der Waals surface area contributed by atoms with Crippen molar-refractivity contribution in [1.82, 2.24) is 0 Å². The van der Waals surface area contributed by atoms with Gasteiger partial charge in [-0.05, 0) is 29.0 Å². The largest absolute Gasteiger partial charge is 0.309 e. The lowest BCUT2D eigenvalue weighted by atomic mass is 10.1. The summed E-state index contributed by atoms with van der Waals surface area (Å²) < 4.78 is 14.3. The fourth-order valence-corrected chi connectivity index (χ4v) is 5.99. The number of halogens is 1. The maximum absolute atomic E-state index is 14.3. The van der Waals surface area contributed by atoms with Gasteiger partial charge in [-0.15, -0.1) is 0 Å². The molecule has 25 heavy (non-hydrogen) atoms. The summed E-state index contributed by atoms with van der Waals surface area (Å²) in [6, 6.07) is 31.1. The third-order valence-electron chi connectivity index (χ3n) is 4.39. The molecule has 4 rings (SSSR count). The van der Waals surface area contributed by atoms with E-state index >= 15 is 0 Å². The molecule has 1 nitrogen and oxygen atoms in total. The molecule has 0 amide bonds. The maximum atomic E-state index is 14.3. The van der Waals surface area contributed by atoms with Crippen molar-refractivity contribution in [3.05, 3.63) is 102 Å². The molecule has 0 atom stereocenters. The Morgan fingerprint density at radius 3 is 1.72 bits per heavy atom. The summed E-state index contributed by atoms with van der Waals surface area (Å²) in [6.45, 7) is 0. The molecule has 3 heteroatoms. The number of rotatable bonds is 3. The van der Waals surface area contributed by atoms with Crippen LogP contribution in [0.2, 0.25) is 5.02 Å². The predicted octanol–water partition coefficient (Wildman–Crippen LogP) is 5.13. The molecule has 0 bridgehead atoms. The molecular weight excluding hydrogens is 347 g/mol. The van der Waals surface area contributed by atoms with Gasteiger partial charge in [-0.2, -0.15) is 0 Å². The molecule has 4 aromatic rings. The highest BCUT2D eigenvalue weighted by Crippen LogP contribution is 2.42. The Kier molecular flexibility index (Phi) is 4.21. The Labute approximate surface area is 152 Å². The van der Waals surface area contributed by atoms with Crippen LogP contribution in [-0.2, 0) is 4.57 Å². The molecule has 4 aromatic carbocycles. The molecule has 0 heterocycles. The molecule has 0 unspecified atom stereocenters. The van der Waals surface area contributed by atoms with Crippen molar-refractivity contribution in [3.63, 3.8) is 0 Å². The van der Waals surface area contributed by atoms with Gasteiger partial charge in [-0.3, -0.25) is 0 Å². The van der Waals surface area contributed by atoms with Gasteiger partial charge in [0.1, 0.15) is 0 Å². The van der Waals surface area contributed by atoms with E-state index in [9.17, 15) is 4.57 Å². The van der Waals surface area contributed by atoms with Gasteiger partial charge in [-0.1, -0.05) is 90.5 Å². The van der Waals surface area contributed by atoms with Crippen LogP contribution in [0.3, 0.4) is 0 Å². The minimum absolute atomic E-state index is 0.680. The molecule has 0 aliphatic carbocycles. The number of hydrogen-bond donors (Lipinski definition) is 0. The average molecular weight is 363 g/mol. The van der Waals surface area contributed by atoms with E-state index in [0.29, 0.717) is 5.02 Å².